The highest BCUT2D eigenvalue weighted by molar-refractivity contribution is 9.10. The molecule has 1 aromatic heterocycles. The molecular formula is C8H5BrClF2NO. The molecule has 0 saturated heterocycles. The quantitative estimate of drug-likeness (QED) is 0.778. The lowest BCUT2D eigenvalue weighted by atomic mass is 10.1. The molecule has 1 rings (SSSR count). The van der Waals surface area contributed by atoms with Crippen molar-refractivity contribution >= 4 is 32.8 Å². The Morgan fingerprint density at radius 2 is 2.21 bits per heavy atom. The molecule has 0 atom stereocenters. The Kier molecular flexibility index (Phi) is 3.55. The predicted octanol–water partition coefficient (Wildman–Crippen LogP) is 3.47. The van der Waals surface area contributed by atoms with Gasteiger partial charge in [0.15, 0.2) is 0 Å². The molecule has 14 heavy (non-hydrogen) atoms. The van der Waals surface area contributed by atoms with E-state index in [1.165, 1.54) is 13.1 Å². The van der Waals surface area contributed by atoms with E-state index >= 15 is 0 Å². The van der Waals surface area contributed by atoms with Crippen molar-refractivity contribution in [3.05, 3.63) is 27.5 Å². The van der Waals surface area contributed by atoms with E-state index in [0.717, 1.165) is 0 Å². The zero-order valence-electron chi connectivity index (χ0n) is 7.02. The number of carbonyl (C=O) groups excluding carboxylic acids is 1. The van der Waals surface area contributed by atoms with E-state index in [4.69, 9.17) is 11.6 Å². The van der Waals surface area contributed by atoms with Crippen molar-refractivity contribution in [3.63, 3.8) is 0 Å². The number of hydrogen-bond donors (Lipinski definition) is 0. The zero-order valence-corrected chi connectivity index (χ0v) is 9.36. The molecule has 1 aromatic rings. The van der Waals surface area contributed by atoms with Gasteiger partial charge in [-0.25, -0.2) is 8.78 Å². The summed E-state index contributed by atoms with van der Waals surface area (Å²) in [6.07, 6.45) is -1.49. The second-order valence-corrected chi connectivity index (χ2v) is 3.75. The van der Waals surface area contributed by atoms with Crippen molar-refractivity contribution in [2.75, 3.05) is 0 Å². The third kappa shape index (κ3) is 2.09. The molecule has 0 spiro atoms. The lowest BCUT2D eigenvalue weighted by Crippen LogP contribution is -2.04. The normalized spacial score (nSPS) is 10.7. The molecule has 0 saturated carbocycles. The molecule has 0 aromatic carbocycles. The van der Waals surface area contributed by atoms with Crippen molar-refractivity contribution in [1.82, 2.24) is 4.98 Å². The molecule has 0 aliphatic carbocycles. The van der Waals surface area contributed by atoms with Gasteiger partial charge in [-0.2, -0.15) is 0 Å². The molecular weight excluding hydrogens is 279 g/mol. The van der Waals surface area contributed by atoms with Gasteiger partial charge < -0.3 is 0 Å². The maximum absolute atomic E-state index is 12.6. The lowest BCUT2D eigenvalue weighted by Gasteiger charge is -2.09. The van der Waals surface area contributed by atoms with Crippen LogP contribution in [0.5, 0.6) is 0 Å². The Morgan fingerprint density at radius 1 is 1.64 bits per heavy atom. The fourth-order valence-electron chi connectivity index (χ4n) is 1.06. The molecule has 76 valence electrons. The summed E-state index contributed by atoms with van der Waals surface area (Å²) >= 11 is 8.15. The van der Waals surface area contributed by atoms with Crippen molar-refractivity contribution in [3.8, 4) is 0 Å². The SMILES string of the molecule is Cc1ncc(Br)c(C(=O)Cl)c1C(F)F. The number of nitrogens with zero attached hydrogens (tertiary/aromatic N) is 1. The Bertz CT molecular complexity index is 384. The van der Waals surface area contributed by atoms with Crippen LogP contribution in [0, 0.1) is 6.92 Å². The number of halogens is 4. The number of alkyl halides is 2. The number of rotatable bonds is 2. The molecule has 0 radical (unpaired) electrons. The molecule has 0 N–H and O–H groups in total. The smallest absolute Gasteiger partial charge is 0.266 e. The summed E-state index contributed by atoms with van der Waals surface area (Å²) in [5, 5.41) is -0.919. The highest BCUT2D eigenvalue weighted by Crippen LogP contribution is 2.31. The fraction of sp³-hybridized carbons (Fsp3) is 0.250. The summed E-state index contributed by atoms with van der Waals surface area (Å²) in [5.74, 6) is 0. The first kappa shape index (κ1) is 11.5. The Balaban J connectivity index is 3.50. The van der Waals surface area contributed by atoms with Gasteiger partial charge in [0.25, 0.3) is 11.7 Å². The first-order valence-electron chi connectivity index (χ1n) is 3.58. The summed E-state index contributed by atoms with van der Waals surface area (Å²) in [5.41, 5.74) is -0.527. The third-order valence-electron chi connectivity index (χ3n) is 1.68. The van der Waals surface area contributed by atoms with Crippen LogP contribution in [0.2, 0.25) is 0 Å². The summed E-state index contributed by atoms with van der Waals surface area (Å²) in [4.78, 5) is 14.6. The van der Waals surface area contributed by atoms with E-state index in [2.05, 4.69) is 20.9 Å². The summed E-state index contributed by atoms with van der Waals surface area (Å²) in [7, 11) is 0. The average molecular weight is 284 g/mol. The second-order valence-electron chi connectivity index (χ2n) is 2.55. The highest BCUT2D eigenvalue weighted by Gasteiger charge is 2.23. The van der Waals surface area contributed by atoms with Crippen molar-refractivity contribution in [1.29, 1.82) is 0 Å². The number of carbonyl (C=O) groups is 1. The van der Waals surface area contributed by atoms with Crippen LogP contribution in [0.4, 0.5) is 8.78 Å². The largest absolute Gasteiger partial charge is 0.276 e. The topological polar surface area (TPSA) is 30.0 Å². The van der Waals surface area contributed by atoms with Gasteiger partial charge in [0.2, 0.25) is 0 Å². The summed E-state index contributed by atoms with van der Waals surface area (Å²) < 4.78 is 25.3. The van der Waals surface area contributed by atoms with Gasteiger partial charge in [-0.05, 0) is 34.5 Å². The Labute approximate surface area is 92.4 Å². The molecule has 0 bridgehead atoms. The first-order chi connectivity index (χ1) is 6.45. The minimum Gasteiger partial charge on any atom is -0.276 e. The summed E-state index contributed by atoms with van der Waals surface area (Å²) in [6, 6.07) is 0. The minimum absolute atomic E-state index is 0.104. The third-order valence-corrected chi connectivity index (χ3v) is 2.47. The van der Waals surface area contributed by atoms with Gasteiger partial charge in [0, 0.05) is 16.4 Å². The molecule has 0 fully saturated rings. The minimum atomic E-state index is -2.77. The Hall–Kier alpha value is -0.550. The number of pyridine rings is 1. The zero-order chi connectivity index (χ0) is 10.9. The van der Waals surface area contributed by atoms with Gasteiger partial charge in [-0.1, -0.05) is 0 Å². The molecule has 2 nitrogen and oxygen atoms in total. The van der Waals surface area contributed by atoms with Crippen molar-refractivity contribution in [2.24, 2.45) is 0 Å². The van der Waals surface area contributed by atoms with Crippen LogP contribution in [-0.2, 0) is 0 Å². The van der Waals surface area contributed by atoms with E-state index in [1.807, 2.05) is 0 Å². The van der Waals surface area contributed by atoms with Gasteiger partial charge in [0.1, 0.15) is 0 Å². The van der Waals surface area contributed by atoms with Crippen molar-refractivity contribution in [2.45, 2.75) is 13.3 Å². The van der Waals surface area contributed by atoms with E-state index in [0.29, 0.717) is 0 Å². The highest BCUT2D eigenvalue weighted by atomic mass is 79.9. The Morgan fingerprint density at radius 3 is 2.57 bits per heavy atom. The van der Waals surface area contributed by atoms with Crippen LogP contribution in [0.15, 0.2) is 10.7 Å². The van der Waals surface area contributed by atoms with E-state index < -0.39 is 17.2 Å². The maximum atomic E-state index is 12.6. The maximum Gasteiger partial charge on any atom is 0.266 e. The van der Waals surface area contributed by atoms with Crippen LogP contribution >= 0.6 is 27.5 Å². The lowest BCUT2D eigenvalue weighted by molar-refractivity contribution is 0.106. The number of aromatic nitrogens is 1. The summed E-state index contributed by atoms with van der Waals surface area (Å²) in [6.45, 7) is 1.40. The number of aryl methyl sites for hydroxylation is 1. The molecule has 0 unspecified atom stereocenters. The van der Waals surface area contributed by atoms with E-state index in [-0.39, 0.29) is 15.7 Å². The molecule has 6 heteroatoms. The average Bonchev–Trinajstić information content (AvgIpc) is 2.07. The fourth-order valence-corrected chi connectivity index (χ4v) is 1.88. The molecule has 0 amide bonds. The van der Waals surface area contributed by atoms with Crippen LogP contribution in [0.3, 0.4) is 0 Å². The first-order valence-corrected chi connectivity index (χ1v) is 4.75. The molecule has 0 aliphatic rings. The van der Waals surface area contributed by atoms with Gasteiger partial charge in [-0.3, -0.25) is 9.78 Å². The second kappa shape index (κ2) is 4.31. The van der Waals surface area contributed by atoms with E-state index in [9.17, 15) is 13.6 Å². The molecule has 1 heterocycles. The molecule has 0 aliphatic heterocycles. The van der Waals surface area contributed by atoms with Gasteiger partial charge in [0.05, 0.1) is 11.1 Å². The van der Waals surface area contributed by atoms with Crippen molar-refractivity contribution < 1.29 is 13.6 Å². The number of hydrogen-bond acceptors (Lipinski definition) is 2. The standard InChI is InChI=1S/C8H5BrClF2NO/c1-3-5(8(11)12)6(7(10)14)4(9)2-13-3/h2,8H,1H3. The van der Waals surface area contributed by atoms with Gasteiger partial charge in [-0.15, -0.1) is 0 Å². The van der Waals surface area contributed by atoms with Crippen LogP contribution < -0.4 is 0 Å². The van der Waals surface area contributed by atoms with Crippen LogP contribution in [0.25, 0.3) is 0 Å². The van der Waals surface area contributed by atoms with Crippen LogP contribution in [0.1, 0.15) is 28.0 Å². The monoisotopic (exact) mass is 283 g/mol. The predicted molar refractivity (Wildman–Crippen MR) is 51.8 cm³/mol. The van der Waals surface area contributed by atoms with Gasteiger partial charge >= 0.3 is 0 Å². The van der Waals surface area contributed by atoms with Crippen LogP contribution in [-0.4, -0.2) is 10.2 Å². The van der Waals surface area contributed by atoms with E-state index in [1.54, 1.807) is 0 Å².